The number of thiophene rings is 1. The number of esters is 1. The van der Waals surface area contributed by atoms with Gasteiger partial charge in [0.05, 0.1) is 10.3 Å². The minimum absolute atomic E-state index is 0.0603. The quantitative estimate of drug-likeness (QED) is 0.149. The zero-order valence-electron chi connectivity index (χ0n) is 25.3. The topological polar surface area (TPSA) is 135 Å². The average Bonchev–Trinajstić information content (AvgIpc) is 3.72. The van der Waals surface area contributed by atoms with Gasteiger partial charge in [-0.2, -0.15) is 0 Å². The molecule has 1 aromatic carbocycles. The molecule has 43 heavy (non-hydrogen) atoms. The lowest BCUT2D eigenvalue weighted by molar-refractivity contribution is -0.158. The van der Waals surface area contributed by atoms with Crippen LogP contribution in [0.2, 0.25) is 0 Å². The van der Waals surface area contributed by atoms with E-state index >= 15 is 0 Å². The molecular formula is C31H40N4O6S2. The van der Waals surface area contributed by atoms with E-state index in [0.29, 0.717) is 25.3 Å². The summed E-state index contributed by atoms with van der Waals surface area (Å²) >= 11 is 2.95. The summed E-state index contributed by atoms with van der Waals surface area (Å²) in [7, 11) is 0. The number of carbonyl (C=O) groups is 3. The van der Waals surface area contributed by atoms with E-state index in [2.05, 4.69) is 43.4 Å². The summed E-state index contributed by atoms with van der Waals surface area (Å²) in [5.74, 6) is -0.724. The van der Waals surface area contributed by atoms with E-state index in [1.165, 1.54) is 40.1 Å². The highest BCUT2D eigenvalue weighted by molar-refractivity contribution is 8.01. The molecular weight excluding hydrogens is 588 g/mol. The number of rotatable bonds is 12. The Bertz CT molecular complexity index is 1350. The lowest BCUT2D eigenvalue weighted by Crippen LogP contribution is -2.53. The van der Waals surface area contributed by atoms with Crippen LogP contribution < -0.4 is 5.32 Å². The predicted molar refractivity (Wildman–Crippen MR) is 169 cm³/mol. The molecule has 1 N–H and O–H groups in total. The Morgan fingerprint density at radius 3 is 2.49 bits per heavy atom. The first kappa shape index (κ1) is 32.8. The Hall–Kier alpha value is -3.12. The molecule has 2 heterocycles. The molecule has 4 atom stereocenters. The van der Waals surface area contributed by atoms with Gasteiger partial charge in [-0.3, -0.25) is 9.59 Å². The highest BCUT2D eigenvalue weighted by Gasteiger charge is 2.49. The van der Waals surface area contributed by atoms with Crippen molar-refractivity contribution in [3.05, 3.63) is 51.1 Å². The van der Waals surface area contributed by atoms with Crippen molar-refractivity contribution in [2.75, 3.05) is 12.3 Å². The van der Waals surface area contributed by atoms with Crippen molar-refractivity contribution in [2.24, 2.45) is 27.1 Å². The third-order valence-electron chi connectivity index (χ3n) is 9.55. The fourth-order valence-electron chi connectivity index (χ4n) is 6.13. The SMILES string of the molecule is CC(CC1CCC(C)(C)C1(C)C)OC(=O)C1CCCN1C(=O)C(CSc1cccs1)NC(=O)c1ccc(N=O)c(N=O)c1. The van der Waals surface area contributed by atoms with Gasteiger partial charge in [-0.1, -0.05) is 33.8 Å². The average molecular weight is 629 g/mol. The Morgan fingerprint density at radius 2 is 1.86 bits per heavy atom. The first-order valence-corrected chi connectivity index (χ1v) is 16.5. The first-order valence-electron chi connectivity index (χ1n) is 14.7. The smallest absolute Gasteiger partial charge is 0.329 e. The van der Waals surface area contributed by atoms with Crippen LogP contribution in [0.1, 0.15) is 77.1 Å². The van der Waals surface area contributed by atoms with E-state index in [-0.39, 0.29) is 45.5 Å². The molecule has 4 unspecified atom stereocenters. The number of carbonyl (C=O) groups excluding carboxylic acids is 3. The highest BCUT2D eigenvalue weighted by Crippen LogP contribution is 2.57. The van der Waals surface area contributed by atoms with Crippen LogP contribution in [-0.2, 0) is 14.3 Å². The number of benzene rings is 1. The number of nitroso groups, excluding NO2 is 2. The van der Waals surface area contributed by atoms with Crippen LogP contribution in [0.15, 0.2) is 50.3 Å². The van der Waals surface area contributed by atoms with Crippen molar-refractivity contribution in [1.29, 1.82) is 0 Å². The molecule has 1 saturated heterocycles. The van der Waals surface area contributed by atoms with E-state index in [9.17, 15) is 24.2 Å². The van der Waals surface area contributed by atoms with Gasteiger partial charge in [0.25, 0.3) is 5.91 Å². The molecule has 10 nitrogen and oxygen atoms in total. The fraction of sp³-hybridized carbons (Fsp3) is 0.581. The number of hydrogen-bond donors (Lipinski definition) is 1. The van der Waals surface area contributed by atoms with Crippen molar-refractivity contribution in [3.8, 4) is 0 Å². The number of likely N-dealkylation sites (tertiary alicyclic amines) is 1. The summed E-state index contributed by atoms with van der Waals surface area (Å²) < 4.78 is 6.91. The number of hydrogen-bond acceptors (Lipinski definition) is 10. The molecule has 232 valence electrons. The second-order valence-electron chi connectivity index (χ2n) is 12.7. The van der Waals surface area contributed by atoms with Gasteiger partial charge in [0.2, 0.25) is 5.91 Å². The second kappa shape index (κ2) is 13.7. The summed E-state index contributed by atoms with van der Waals surface area (Å²) in [6.45, 7) is 11.5. The lowest BCUT2D eigenvalue weighted by Gasteiger charge is -2.40. The second-order valence-corrected chi connectivity index (χ2v) is 14.9. The molecule has 1 aliphatic carbocycles. The fourth-order valence-corrected chi connectivity index (χ4v) is 7.95. The number of ether oxygens (including phenoxy) is 1. The molecule has 2 aromatic rings. The van der Waals surface area contributed by atoms with Crippen molar-refractivity contribution >= 4 is 52.3 Å². The molecule has 4 rings (SSSR count). The number of nitrogens with one attached hydrogen (secondary N) is 1. The van der Waals surface area contributed by atoms with Crippen LogP contribution in [0.5, 0.6) is 0 Å². The number of amides is 2. The molecule has 0 radical (unpaired) electrons. The van der Waals surface area contributed by atoms with Gasteiger partial charge < -0.3 is 15.0 Å². The largest absolute Gasteiger partial charge is 0.461 e. The number of thioether (sulfide) groups is 1. The Balaban J connectivity index is 1.46. The van der Waals surface area contributed by atoms with Crippen LogP contribution >= 0.6 is 23.1 Å². The third-order valence-corrected chi connectivity index (χ3v) is 11.8. The minimum Gasteiger partial charge on any atom is -0.461 e. The monoisotopic (exact) mass is 628 g/mol. The van der Waals surface area contributed by atoms with Gasteiger partial charge in [0.1, 0.15) is 23.5 Å². The van der Waals surface area contributed by atoms with Crippen LogP contribution in [0, 0.1) is 26.6 Å². The van der Waals surface area contributed by atoms with Gasteiger partial charge in [-0.15, -0.1) is 32.9 Å². The predicted octanol–water partition coefficient (Wildman–Crippen LogP) is 7.21. The van der Waals surface area contributed by atoms with Crippen LogP contribution in [-0.4, -0.2) is 53.2 Å². The van der Waals surface area contributed by atoms with Crippen molar-refractivity contribution in [1.82, 2.24) is 10.2 Å². The molecule has 2 aliphatic rings. The molecule has 12 heteroatoms. The first-order chi connectivity index (χ1) is 20.4. The summed E-state index contributed by atoms with van der Waals surface area (Å²) in [5.41, 5.74) is -0.0404. The Kier molecular flexibility index (Phi) is 10.4. The molecule has 2 fully saturated rings. The van der Waals surface area contributed by atoms with E-state index in [1.54, 1.807) is 0 Å². The highest BCUT2D eigenvalue weighted by atomic mass is 32.2. The maximum atomic E-state index is 13.9. The van der Waals surface area contributed by atoms with Gasteiger partial charge in [-0.05, 0) is 95.8 Å². The molecule has 1 saturated carbocycles. The normalized spacial score (nSPS) is 22.0. The van der Waals surface area contributed by atoms with E-state index < -0.39 is 24.0 Å². The van der Waals surface area contributed by atoms with Crippen molar-refractivity contribution in [2.45, 2.75) is 89.1 Å². The molecule has 2 amide bonds. The van der Waals surface area contributed by atoms with Gasteiger partial charge in [0, 0.05) is 17.9 Å². The maximum Gasteiger partial charge on any atom is 0.329 e. The van der Waals surface area contributed by atoms with Crippen molar-refractivity contribution < 1.29 is 19.1 Å². The lowest BCUT2D eigenvalue weighted by atomic mass is 9.66. The Morgan fingerprint density at radius 1 is 1.12 bits per heavy atom. The standard InChI is InChI=1S/C31H40N4O6S2/c1-19(16-21-12-13-30(2,3)31(21,4)5)41-29(38)25-8-6-14-35(25)28(37)24(18-43-26-9-7-15-42-26)32-27(36)20-10-11-22(33-39)23(17-20)34-40/h7,9-11,15,17,19,21,24-25H,6,8,12-14,16,18H2,1-5H3,(H,32,36). The van der Waals surface area contributed by atoms with Crippen LogP contribution in [0.25, 0.3) is 0 Å². The van der Waals surface area contributed by atoms with Gasteiger partial charge in [0.15, 0.2) is 0 Å². The third kappa shape index (κ3) is 7.34. The van der Waals surface area contributed by atoms with E-state index in [0.717, 1.165) is 29.5 Å². The van der Waals surface area contributed by atoms with Gasteiger partial charge >= 0.3 is 5.97 Å². The van der Waals surface area contributed by atoms with Gasteiger partial charge in [-0.25, -0.2) is 4.79 Å². The molecule has 1 aromatic heterocycles. The number of nitrogens with zero attached hydrogens (tertiary/aromatic N) is 3. The molecule has 1 aliphatic heterocycles. The van der Waals surface area contributed by atoms with E-state index in [4.69, 9.17) is 4.74 Å². The summed E-state index contributed by atoms with van der Waals surface area (Å²) in [5, 5.41) is 10.2. The zero-order valence-corrected chi connectivity index (χ0v) is 27.0. The zero-order chi connectivity index (χ0) is 31.4. The van der Waals surface area contributed by atoms with Crippen LogP contribution in [0.4, 0.5) is 11.4 Å². The molecule has 0 bridgehead atoms. The van der Waals surface area contributed by atoms with Crippen molar-refractivity contribution in [3.63, 3.8) is 0 Å². The van der Waals surface area contributed by atoms with E-state index in [1.807, 2.05) is 24.4 Å². The maximum absolute atomic E-state index is 13.9. The molecule has 0 spiro atoms. The Labute approximate surface area is 260 Å². The summed E-state index contributed by atoms with van der Waals surface area (Å²) in [4.78, 5) is 64.1. The summed E-state index contributed by atoms with van der Waals surface area (Å²) in [6, 6.07) is 5.89. The summed E-state index contributed by atoms with van der Waals surface area (Å²) in [6.07, 6.45) is 3.87. The van der Waals surface area contributed by atoms with Crippen LogP contribution in [0.3, 0.4) is 0 Å². The minimum atomic E-state index is -0.955.